The van der Waals surface area contributed by atoms with Crippen molar-refractivity contribution in [1.82, 2.24) is 20.5 Å². The maximum absolute atomic E-state index is 13.3. The van der Waals surface area contributed by atoms with Crippen LogP contribution in [-0.2, 0) is 29.0 Å². The van der Waals surface area contributed by atoms with Gasteiger partial charge in [-0.15, -0.1) is 0 Å². The van der Waals surface area contributed by atoms with Gasteiger partial charge in [0.05, 0.1) is 24.7 Å². The number of rotatable bonds is 15. The molecule has 2 unspecified atom stereocenters. The molecule has 0 aliphatic carbocycles. The molecule has 3 rings (SSSR count). The van der Waals surface area contributed by atoms with E-state index in [2.05, 4.69) is 15.6 Å². The Morgan fingerprint density at radius 3 is 2.22 bits per heavy atom. The molecule has 0 fully saturated rings. The fourth-order valence-corrected chi connectivity index (χ4v) is 4.34. The van der Waals surface area contributed by atoms with E-state index in [1.165, 1.54) is 4.90 Å². The normalized spacial score (nSPS) is 13.1. The van der Waals surface area contributed by atoms with Crippen molar-refractivity contribution in [3.63, 3.8) is 0 Å². The second-order valence-electron chi connectivity index (χ2n) is 10.3. The molecular weight excluding hydrogens is 520 g/mol. The fourth-order valence-electron chi connectivity index (χ4n) is 4.34. The Labute approximate surface area is 241 Å². The summed E-state index contributed by atoms with van der Waals surface area (Å²) in [5, 5.41) is 16.9. The summed E-state index contributed by atoms with van der Waals surface area (Å²) in [5.41, 5.74) is 2.52. The van der Waals surface area contributed by atoms with Gasteiger partial charge in [-0.05, 0) is 42.0 Å². The summed E-state index contributed by atoms with van der Waals surface area (Å²) in [6.45, 7) is 4.14. The first-order valence-corrected chi connectivity index (χ1v) is 13.9. The third-order valence-electron chi connectivity index (χ3n) is 6.48. The summed E-state index contributed by atoms with van der Waals surface area (Å²) in [6.07, 6.45) is 2.96. The van der Waals surface area contributed by atoms with Crippen molar-refractivity contribution in [1.29, 1.82) is 0 Å². The number of hydrogen-bond donors (Lipinski definition) is 3. The molecule has 3 N–H and O–H groups in total. The van der Waals surface area contributed by atoms with Gasteiger partial charge in [-0.3, -0.25) is 9.78 Å². The molecule has 0 aliphatic rings. The molecule has 0 aliphatic heterocycles. The number of carbonyl (C=O) groups is 2. The Balaban J connectivity index is 1.74. The number of aromatic nitrogens is 1. The molecule has 41 heavy (non-hydrogen) atoms. The monoisotopic (exact) mass is 559 g/mol. The third-order valence-corrected chi connectivity index (χ3v) is 6.48. The number of ether oxygens (including phenoxy) is 1. The van der Waals surface area contributed by atoms with Gasteiger partial charge < -0.3 is 25.4 Å². The number of pyridine rings is 1. The summed E-state index contributed by atoms with van der Waals surface area (Å²) < 4.78 is 5.40. The molecule has 3 amide bonds. The number of aliphatic hydroxyl groups is 1. The first-order chi connectivity index (χ1) is 19.8. The van der Waals surface area contributed by atoms with Crippen LogP contribution in [0.5, 0.6) is 0 Å². The number of nitrogens with zero attached hydrogens (tertiary/aromatic N) is 2. The van der Waals surface area contributed by atoms with E-state index in [-0.39, 0.29) is 25.6 Å². The lowest BCUT2D eigenvalue weighted by molar-refractivity contribution is 0.0785. The van der Waals surface area contributed by atoms with Crippen LogP contribution >= 0.6 is 0 Å². The van der Waals surface area contributed by atoms with Crippen LogP contribution in [-0.4, -0.2) is 64.7 Å². The molecule has 217 valence electrons. The summed E-state index contributed by atoms with van der Waals surface area (Å²) in [6, 6.07) is 22.2. The van der Waals surface area contributed by atoms with E-state index in [1.54, 1.807) is 6.20 Å². The van der Waals surface area contributed by atoms with Crippen molar-refractivity contribution in [2.75, 3.05) is 13.1 Å². The number of amides is 3. The zero-order valence-electron chi connectivity index (χ0n) is 23.6. The van der Waals surface area contributed by atoms with Gasteiger partial charge in [0.1, 0.15) is 6.61 Å². The van der Waals surface area contributed by atoms with Crippen molar-refractivity contribution < 1.29 is 24.2 Å². The van der Waals surface area contributed by atoms with Crippen molar-refractivity contribution >= 4 is 18.4 Å². The number of nitrogens with one attached hydrogen (secondary N) is 2. The SMILES string of the molecule is CC(C)C[C@@H]([C]=O)NC(=O)N(CCc1ccccn1)CC(O)C(Cc1ccccc1)NC(=O)OCc1ccccc1. The Kier molecular flexibility index (Phi) is 12.8. The number of alkyl carbamates (subject to hydrolysis) is 1. The van der Waals surface area contributed by atoms with E-state index in [0.29, 0.717) is 19.3 Å². The third kappa shape index (κ3) is 11.4. The Bertz CT molecular complexity index is 1190. The van der Waals surface area contributed by atoms with Crippen LogP contribution in [0.25, 0.3) is 0 Å². The van der Waals surface area contributed by atoms with Crippen LogP contribution < -0.4 is 10.6 Å². The molecule has 0 saturated carbocycles. The van der Waals surface area contributed by atoms with E-state index < -0.39 is 30.3 Å². The van der Waals surface area contributed by atoms with Gasteiger partial charge in [0, 0.05) is 24.9 Å². The van der Waals surface area contributed by atoms with Crippen LogP contribution in [0.2, 0.25) is 0 Å². The van der Waals surface area contributed by atoms with E-state index in [4.69, 9.17) is 4.74 Å². The molecule has 3 atom stereocenters. The average Bonchev–Trinajstić information content (AvgIpc) is 2.98. The molecule has 2 aromatic carbocycles. The lowest BCUT2D eigenvalue weighted by atomic mass is 10.0. The van der Waals surface area contributed by atoms with Crippen molar-refractivity contribution in [3.8, 4) is 0 Å². The highest BCUT2D eigenvalue weighted by Gasteiger charge is 2.28. The minimum Gasteiger partial charge on any atom is -0.445 e. The lowest BCUT2D eigenvalue weighted by Crippen LogP contribution is -2.54. The minimum atomic E-state index is -1.14. The predicted molar refractivity (Wildman–Crippen MR) is 157 cm³/mol. The van der Waals surface area contributed by atoms with Crippen molar-refractivity contribution in [3.05, 3.63) is 102 Å². The zero-order chi connectivity index (χ0) is 29.5. The average molecular weight is 560 g/mol. The second kappa shape index (κ2) is 16.8. The van der Waals surface area contributed by atoms with E-state index >= 15 is 0 Å². The van der Waals surface area contributed by atoms with Crippen molar-refractivity contribution in [2.45, 2.75) is 57.9 Å². The van der Waals surface area contributed by atoms with Crippen LogP contribution in [0.3, 0.4) is 0 Å². The number of urea groups is 1. The highest BCUT2D eigenvalue weighted by atomic mass is 16.5. The highest BCUT2D eigenvalue weighted by molar-refractivity contribution is 5.78. The topological polar surface area (TPSA) is 121 Å². The maximum atomic E-state index is 13.3. The standard InChI is InChI=1S/C32H39N4O5/c1-24(2)19-28(22-37)34-31(39)36(18-16-27-15-9-10-17-33-27)21-30(38)29(20-25-11-5-3-6-12-25)35-32(40)41-23-26-13-7-4-8-14-26/h3-15,17,24,28-30,38H,16,18-21,23H2,1-2H3,(H,34,39)(H,35,40)/t28-,29?,30?/m0/s1. The molecule has 9 heteroatoms. The summed E-state index contributed by atoms with van der Waals surface area (Å²) >= 11 is 0. The molecule has 3 aromatic rings. The largest absolute Gasteiger partial charge is 0.445 e. The molecule has 0 bridgehead atoms. The number of benzene rings is 2. The van der Waals surface area contributed by atoms with Crippen LogP contribution in [0.15, 0.2) is 85.1 Å². The predicted octanol–water partition coefficient (Wildman–Crippen LogP) is 4.06. The van der Waals surface area contributed by atoms with Gasteiger partial charge in [0.2, 0.25) is 6.29 Å². The van der Waals surface area contributed by atoms with Gasteiger partial charge in [0.25, 0.3) is 0 Å². The first-order valence-electron chi connectivity index (χ1n) is 13.9. The van der Waals surface area contributed by atoms with Gasteiger partial charge in [-0.25, -0.2) is 9.59 Å². The first kappa shape index (κ1) is 31.3. The maximum Gasteiger partial charge on any atom is 0.407 e. The molecule has 1 heterocycles. The molecule has 9 nitrogen and oxygen atoms in total. The molecular formula is C32H39N4O5. The quantitative estimate of drug-likeness (QED) is 0.258. The molecule has 1 aromatic heterocycles. The Morgan fingerprint density at radius 1 is 0.951 bits per heavy atom. The smallest absolute Gasteiger partial charge is 0.407 e. The summed E-state index contributed by atoms with van der Waals surface area (Å²) in [5.74, 6) is 0.177. The van der Waals surface area contributed by atoms with Gasteiger partial charge in [-0.1, -0.05) is 80.6 Å². The minimum absolute atomic E-state index is 0.0822. The van der Waals surface area contributed by atoms with E-state index in [0.717, 1.165) is 16.8 Å². The van der Waals surface area contributed by atoms with Gasteiger partial charge in [-0.2, -0.15) is 0 Å². The van der Waals surface area contributed by atoms with E-state index in [9.17, 15) is 19.5 Å². The van der Waals surface area contributed by atoms with Crippen LogP contribution in [0, 0.1) is 5.92 Å². The zero-order valence-corrected chi connectivity index (χ0v) is 23.6. The Morgan fingerprint density at radius 2 is 1.61 bits per heavy atom. The molecule has 0 saturated heterocycles. The highest BCUT2D eigenvalue weighted by Crippen LogP contribution is 2.11. The number of carbonyl (C=O) groups excluding carboxylic acids is 3. The molecule has 0 spiro atoms. The van der Waals surface area contributed by atoms with E-state index in [1.807, 2.05) is 99.0 Å². The second-order valence-corrected chi connectivity index (χ2v) is 10.3. The number of aliphatic hydroxyl groups excluding tert-OH is 1. The molecule has 1 radical (unpaired) electrons. The summed E-state index contributed by atoms with van der Waals surface area (Å²) in [4.78, 5) is 43.3. The van der Waals surface area contributed by atoms with Crippen LogP contribution in [0.4, 0.5) is 9.59 Å². The van der Waals surface area contributed by atoms with Crippen LogP contribution in [0.1, 0.15) is 37.1 Å². The Hall–Kier alpha value is -4.24. The van der Waals surface area contributed by atoms with Gasteiger partial charge in [0.15, 0.2) is 0 Å². The lowest BCUT2D eigenvalue weighted by Gasteiger charge is -2.31. The number of hydrogen-bond acceptors (Lipinski definition) is 6. The fraction of sp³-hybridized carbons (Fsp3) is 0.375. The summed E-state index contributed by atoms with van der Waals surface area (Å²) in [7, 11) is 0. The van der Waals surface area contributed by atoms with Gasteiger partial charge >= 0.3 is 12.1 Å². The van der Waals surface area contributed by atoms with Crippen molar-refractivity contribution in [2.24, 2.45) is 5.92 Å².